The van der Waals surface area contributed by atoms with Gasteiger partial charge in [0.1, 0.15) is 6.10 Å². The number of halogens is 1. The molecule has 0 spiro atoms. The molecular formula is C18H20BrNO2. The summed E-state index contributed by atoms with van der Waals surface area (Å²) in [6, 6.07) is 17.6. The summed E-state index contributed by atoms with van der Waals surface area (Å²) in [7, 11) is 0. The molecule has 0 aromatic heterocycles. The molecule has 2 unspecified atom stereocenters. The molecule has 2 aromatic rings. The van der Waals surface area contributed by atoms with Crippen LogP contribution in [0.5, 0.6) is 0 Å². The number of carbonyl (C=O) groups excluding carboxylic acids is 1. The van der Waals surface area contributed by atoms with E-state index < -0.39 is 6.10 Å². The second-order valence-electron chi connectivity index (χ2n) is 5.19. The van der Waals surface area contributed by atoms with Gasteiger partial charge in [0.2, 0.25) is 5.91 Å². The van der Waals surface area contributed by atoms with Crippen molar-refractivity contribution < 1.29 is 9.53 Å². The zero-order valence-electron chi connectivity index (χ0n) is 12.8. The summed E-state index contributed by atoms with van der Waals surface area (Å²) in [5.74, 6) is -0.112. The number of ether oxygens (including phenoxy) is 1. The Morgan fingerprint density at radius 1 is 1.09 bits per heavy atom. The molecule has 1 amide bonds. The minimum absolute atomic E-state index is 0.0779. The largest absolute Gasteiger partial charge is 0.364 e. The molecule has 0 radical (unpaired) electrons. The van der Waals surface area contributed by atoms with Gasteiger partial charge < -0.3 is 10.1 Å². The van der Waals surface area contributed by atoms with E-state index in [1.54, 1.807) is 6.92 Å². The van der Waals surface area contributed by atoms with Crippen molar-refractivity contribution in [3.8, 4) is 0 Å². The molecule has 0 aliphatic carbocycles. The summed E-state index contributed by atoms with van der Waals surface area (Å²) >= 11 is 3.50. The highest BCUT2D eigenvalue weighted by Crippen LogP contribution is 2.22. The second kappa shape index (κ2) is 8.11. The summed E-state index contributed by atoms with van der Waals surface area (Å²) in [6.45, 7) is 4.16. The van der Waals surface area contributed by atoms with Crippen LogP contribution in [-0.4, -0.2) is 12.0 Å². The minimum atomic E-state index is -0.495. The van der Waals surface area contributed by atoms with Gasteiger partial charge in [0.15, 0.2) is 0 Å². The molecule has 4 heteroatoms. The first kappa shape index (κ1) is 16.7. The number of amides is 1. The highest BCUT2D eigenvalue weighted by Gasteiger charge is 2.17. The summed E-state index contributed by atoms with van der Waals surface area (Å²) in [6.07, 6.45) is -0.495. The van der Waals surface area contributed by atoms with Gasteiger partial charge in [-0.2, -0.15) is 0 Å². The minimum Gasteiger partial charge on any atom is -0.364 e. The molecule has 3 nitrogen and oxygen atoms in total. The van der Waals surface area contributed by atoms with Crippen molar-refractivity contribution in [3.63, 3.8) is 0 Å². The van der Waals surface area contributed by atoms with Crippen molar-refractivity contribution in [1.29, 1.82) is 0 Å². The third-order valence-corrected chi connectivity index (χ3v) is 4.16. The van der Waals surface area contributed by atoms with E-state index in [1.165, 1.54) is 0 Å². The van der Waals surface area contributed by atoms with E-state index >= 15 is 0 Å². The summed E-state index contributed by atoms with van der Waals surface area (Å²) in [5, 5.41) is 2.98. The number of nitrogens with one attached hydrogen (secondary N) is 1. The Hall–Kier alpha value is -1.65. The van der Waals surface area contributed by atoms with Gasteiger partial charge in [-0.3, -0.25) is 4.79 Å². The first-order valence-corrected chi connectivity index (χ1v) is 8.07. The number of rotatable bonds is 6. The Balaban J connectivity index is 1.87. The lowest BCUT2D eigenvalue weighted by Crippen LogP contribution is -2.36. The van der Waals surface area contributed by atoms with Gasteiger partial charge in [0, 0.05) is 4.47 Å². The Morgan fingerprint density at radius 3 is 2.41 bits per heavy atom. The molecule has 0 aliphatic heterocycles. The van der Waals surface area contributed by atoms with Crippen LogP contribution in [0.2, 0.25) is 0 Å². The normalized spacial score (nSPS) is 13.4. The molecule has 0 heterocycles. The van der Waals surface area contributed by atoms with Crippen LogP contribution in [0, 0.1) is 0 Å². The fraction of sp³-hybridized carbons (Fsp3) is 0.278. The Morgan fingerprint density at radius 2 is 1.73 bits per heavy atom. The van der Waals surface area contributed by atoms with Crippen molar-refractivity contribution in [3.05, 3.63) is 70.2 Å². The lowest BCUT2D eigenvalue weighted by molar-refractivity contribution is -0.133. The van der Waals surface area contributed by atoms with Gasteiger partial charge in [-0.15, -0.1) is 0 Å². The lowest BCUT2D eigenvalue weighted by atomic mass is 10.1. The molecule has 0 saturated heterocycles. The van der Waals surface area contributed by atoms with Crippen molar-refractivity contribution >= 4 is 21.8 Å². The molecule has 1 N–H and O–H groups in total. The third-order valence-electron chi connectivity index (χ3n) is 3.44. The monoisotopic (exact) mass is 361 g/mol. The Kier molecular flexibility index (Phi) is 6.16. The van der Waals surface area contributed by atoms with Crippen LogP contribution in [0.25, 0.3) is 0 Å². The van der Waals surface area contributed by atoms with Gasteiger partial charge in [-0.1, -0.05) is 64.5 Å². The zero-order chi connectivity index (χ0) is 15.9. The van der Waals surface area contributed by atoms with E-state index in [-0.39, 0.29) is 11.9 Å². The van der Waals surface area contributed by atoms with Crippen LogP contribution >= 0.6 is 15.9 Å². The van der Waals surface area contributed by atoms with Crippen LogP contribution in [0.1, 0.15) is 31.0 Å². The topological polar surface area (TPSA) is 38.3 Å². The SMILES string of the molecule is CC(OCc1ccccc1)C(=O)NC(C)c1ccccc1Br. The molecule has 0 aliphatic rings. The van der Waals surface area contributed by atoms with Crippen molar-refractivity contribution in [1.82, 2.24) is 5.32 Å². The Bertz CT molecular complexity index is 615. The molecule has 0 saturated carbocycles. The smallest absolute Gasteiger partial charge is 0.249 e. The molecule has 0 bridgehead atoms. The van der Waals surface area contributed by atoms with Gasteiger partial charge in [-0.25, -0.2) is 0 Å². The number of hydrogen-bond donors (Lipinski definition) is 1. The van der Waals surface area contributed by atoms with Crippen molar-refractivity contribution in [2.45, 2.75) is 32.6 Å². The average Bonchev–Trinajstić information content (AvgIpc) is 2.53. The van der Waals surface area contributed by atoms with E-state index in [0.717, 1.165) is 15.6 Å². The molecule has 2 rings (SSSR count). The van der Waals surface area contributed by atoms with E-state index in [4.69, 9.17) is 4.74 Å². The van der Waals surface area contributed by atoms with Gasteiger partial charge in [-0.05, 0) is 31.0 Å². The maximum atomic E-state index is 12.2. The van der Waals surface area contributed by atoms with Gasteiger partial charge in [0.05, 0.1) is 12.6 Å². The quantitative estimate of drug-likeness (QED) is 0.835. The number of hydrogen-bond acceptors (Lipinski definition) is 2. The van der Waals surface area contributed by atoms with Crippen LogP contribution in [0.15, 0.2) is 59.1 Å². The van der Waals surface area contributed by atoms with Crippen LogP contribution in [0.3, 0.4) is 0 Å². The maximum Gasteiger partial charge on any atom is 0.249 e. The summed E-state index contributed by atoms with van der Waals surface area (Å²) in [4.78, 5) is 12.2. The van der Waals surface area contributed by atoms with Gasteiger partial charge >= 0.3 is 0 Å². The fourth-order valence-corrected chi connectivity index (χ4v) is 2.73. The first-order chi connectivity index (χ1) is 10.6. The average molecular weight is 362 g/mol. The highest BCUT2D eigenvalue weighted by atomic mass is 79.9. The van der Waals surface area contributed by atoms with E-state index in [2.05, 4.69) is 21.2 Å². The van der Waals surface area contributed by atoms with Crippen molar-refractivity contribution in [2.24, 2.45) is 0 Å². The number of benzene rings is 2. The fourth-order valence-electron chi connectivity index (χ4n) is 2.11. The molecule has 2 atom stereocenters. The van der Waals surface area contributed by atoms with Crippen molar-refractivity contribution in [2.75, 3.05) is 0 Å². The maximum absolute atomic E-state index is 12.2. The highest BCUT2D eigenvalue weighted by molar-refractivity contribution is 9.10. The van der Waals surface area contributed by atoms with Crippen LogP contribution < -0.4 is 5.32 Å². The van der Waals surface area contributed by atoms with E-state index in [0.29, 0.717) is 6.61 Å². The van der Waals surface area contributed by atoms with Gasteiger partial charge in [0.25, 0.3) is 0 Å². The number of carbonyl (C=O) groups is 1. The Labute approximate surface area is 139 Å². The summed E-state index contributed by atoms with van der Waals surface area (Å²) in [5.41, 5.74) is 2.10. The van der Waals surface area contributed by atoms with E-state index in [9.17, 15) is 4.79 Å². The molecular weight excluding hydrogens is 342 g/mol. The second-order valence-corrected chi connectivity index (χ2v) is 6.04. The lowest BCUT2D eigenvalue weighted by Gasteiger charge is -2.19. The molecule has 2 aromatic carbocycles. The first-order valence-electron chi connectivity index (χ1n) is 7.28. The summed E-state index contributed by atoms with van der Waals surface area (Å²) < 4.78 is 6.62. The predicted molar refractivity (Wildman–Crippen MR) is 91.4 cm³/mol. The third kappa shape index (κ3) is 4.68. The van der Waals surface area contributed by atoms with E-state index in [1.807, 2.05) is 61.5 Å². The molecule has 116 valence electrons. The molecule has 22 heavy (non-hydrogen) atoms. The predicted octanol–water partition coefficient (Wildman–Crippen LogP) is 4.23. The standard InChI is InChI=1S/C18H20BrNO2/c1-13(16-10-6-7-11-17(16)19)20-18(21)14(2)22-12-15-8-4-3-5-9-15/h3-11,13-14H,12H2,1-2H3,(H,20,21). The van der Waals surface area contributed by atoms with Crippen LogP contribution in [0.4, 0.5) is 0 Å². The van der Waals surface area contributed by atoms with Crippen LogP contribution in [-0.2, 0) is 16.1 Å². The zero-order valence-corrected chi connectivity index (χ0v) is 14.3. The molecule has 0 fully saturated rings.